The Bertz CT molecular complexity index is 1000. The van der Waals surface area contributed by atoms with Crippen molar-refractivity contribution in [2.45, 2.75) is 58.4 Å². The molecule has 0 N–H and O–H groups in total. The molecule has 1 amide bonds. The molecule has 0 bridgehead atoms. The number of piperidine rings is 1. The summed E-state index contributed by atoms with van der Waals surface area (Å²) in [5, 5.41) is 4.83. The van der Waals surface area contributed by atoms with Gasteiger partial charge in [0.2, 0.25) is 0 Å². The van der Waals surface area contributed by atoms with Gasteiger partial charge in [0.25, 0.3) is 5.91 Å². The molecule has 3 aromatic heterocycles. The Morgan fingerprint density at radius 3 is 2.68 bits per heavy atom. The normalized spacial score (nSPS) is 17.9. The summed E-state index contributed by atoms with van der Waals surface area (Å²) in [5.74, 6) is -0.0784. The van der Waals surface area contributed by atoms with Gasteiger partial charge in [0.1, 0.15) is 5.69 Å². The van der Waals surface area contributed by atoms with Gasteiger partial charge in [0.05, 0.1) is 29.3 Å². The highest BCUT2D eigenvalue weighted by atomic mass is 16.2. The highest BCUT2D eigenvalue weighted by Crippen LogP contribution is 2.32. The molecule has 0 aromatic carbocycles. The predicted molar refractivity (Wildman–Crippen MR) is 106 cm³/mol. The largest absolute Gasteiger partial charge is 0.329 e. The van der Waals surface area contributed by atoms with Gasteiger partial charge < -0.3 is 4.90 Å². The van der Waals surface area contributed by atoms with Crippen LogP contribution in [0.5, 0.6) is 0 Å². The molecule has 7 heteroatoms. The van der Waals surface area contributed by atoms with Crippen LogP contribution < -0.4 is 0 Å². The molecule has 0 spiro atoms. The first kappa shape index (κ1) is 18.5. The van der Waals surface area contributed by atoms with Gasteiger partial charge in [0, 0.05) is 30.4 Å². The molecule has 0 aliphatic carbocycles. The summed E-state index contributed by atoms with van der Waals surface area (Å²) < 4.78 is 1.90. The Balaban J connectivity index is 1.74. The fraction of sp³-hybridized carbons (Fsp3) is 0.476. The van der Waals surface area contributed by atoms with Crippen molar-refractivity contribution in [3.63, 3.8) is 0 Å². The number of carbonyl (C=O) groups is 1. The van der Waals surface area contributed by atoms with Gasteiger partial charge in [-0.2, -0.15) is 5.10 Å². The Labute approximate surface area is 164 Å². The number of likely N-dealkylation sites (tertiary alicyclic amines) is 1. The zero-order valence-electron chi connectivity index (χ0n) is 16.9. The number of fused-ring (bicyclic) bond motifs is 1. The lowest BCUT2D eigenvalue weighted by Gasteiger charge is -2.35. The van der Waals surface area contributed by atoms with E-state index in [1.807, 2.05) is 34.7 Å². The Hall–Kier alpha value is -2.83. The van der Waals surface area contributed by atoms with E-state index < -0.39 is 0 Å². The second-order valence-electron chi connectivity index (χ2n) is 8.47. The molecule has 28 heavy (non-hydrogen) atoms. The van der Waals surface area contributed by atoms with Gasteiger partial charge in [-0.15, -0.1) is 0 Å². The molecule has 4 heterocycles. The minimum absolute atomic E-state index is 0.0532. The summed E-state index contributed by atoms with van der Waals surface area (Å²) in [5.41, 5.74) is 3.92. The molecule has 1 saturated heterocycles. The lowest BCUT2D eigenvalue weighted by molar-refractivity contribution is 0.0596. The van der Waals surface area contributed by atoms with E-state index in [2.05, 4.69) is 35.7 Å². The molecule has 4 rings (SSSR count). The smallest absolute Gasteiger partial charge is 0.274 e. The minimum Gasteiger partial charge on any atom is -0.329 e. The number of rotatable bonds is 2. The summed E-state index contributed by atoms with van der Waals surface area (Å²) in [6, 6.07) is 3.95. The van der Waals surface area contributed by atoms with Crippen molar-refractivity contribution in [2.24, 2.45) is 0 Å². The van der Waals surface area contributed by atoms with Crippen LogP contribution in [0.4, 0.5) is 0 Å². The highest BCUT2D eigenvalue weighted by molar-refractivity contribution is 5.92. The van der Waals surface area contributed by atoms with Gasteiger partial charge in [-0.3, -0.25) is 9.78 Å². The van der Waals surface area contributed by atoms with E-state index >= 15 is 0 Å². The van der Waals surface area contributed by atoms with E-state index in [9.17, 15) is 4.79 Å². The Morgan fingerprint density at radius 2 is 1.96 bits per heavy atom. The molecule has 146 valence electrons. The molecule has 0 radical (unpaired) electrons. The molecule has 3 aromatic rings. The Kier molecular flexibility index (Phi) is 4.61. The van der Waals surface area contributed by atoms with Crippen LogP contribution in [0.2, 0.25) is 0 Å². The molecular formula is C21H26N6O. The molecular weight excluding hydrogens is 352 g/mol. The topological polar surface area (TPSA) is 76.3 Å². The lowest BCUT2D eigenvalue weighted by Crippen LogP contribution is -2.39. The molecule has 0 saturated carbocycles. The zero-order valence-corrected chi connectivity index (χ0v) is 16.9. The summed E-state index contributed by atoms with van der Waals surface area (Å²) in [6.07, 6.45) is 7.97. The molecule has 1 unspecified atom stereocenters. The van der Waals surface area contributed by atoms with E-state index in [1.54, 1.807) is 12.4 Å². The van der Waals surface area contributed by atoms with Gasteiger partial charge >= 0.3 is 0 Å². The molecule has 7 nitrogen and oxygen atoms in total. The van der Waals surface area contributed by atoms with Crippen molar-refractivity contribution in [3.05, 3.63) is 53.5 Å². The molecule has 1 atom stereocenters. The number of aryl methyl sites for hydroxylation is 1. The van der Waals surface area contributed by atoms with Crippen molar-refractivity contribution in [3.8, 4) is 0 Å². The van der Waals surface area contributed by atoms with Gasteiger partial charge in [-0.05, 0) is 32.3 Å². The summed E-state index contributed by atoms with van der Waals surface area (Å²) in [6.45, 7) is 8.99. The Morgan fingerprint density at radius 1 is 1.14 bits per heavy atom. The average Bonchev–Trinajstić information content (AvgIpc) is 3.13. The third-order valence-corrected chi connectivity index (χ3v) is 5.26. The van der Waals surface area contributed by atoms with E-state index in [0.29, 0.717) is 12.2 Å². The summed E-state index contributed by atoms with van der Waals surface area (Å²) >= 11 is 0. The van der Waals surface area contributed by atoms with Gasteiger partial charge in [-0.1, -0.05) is 20.8 Å². The fourth-order valence-corrected chi connectivity index (χ4v) is 3.66. The van der Waals surface area contributed by atoms with Crippen LogP contribution in [0.25, 0.3) is 5.65 Å². The number of hydrogen-bond donors (Lipinski definition) is 0. The maximum Gasteiger partial charge on any atom is 0.274 e. The van der Waals surface area contributed by atoms with E-state index in [1.165, 1.54) is 0 Å². The number of amides is 1. The summed E-state index contributed by atoms with van der Waals surface area (Å²) in [4.78, 5) is 28.1. The van der Waals surface area contributed by atoms with Gasteiger partial charge in [0.15, 0.2) is 5.65 Å². The maximum atomic E-state index is 13.2. The number of nitrogens with zero attached hydrogens (tertiary/aromatic N) is 6. The third kappa shape index (κ3) is 3.37. The second kappa shape index (κ2) is 6.96. The van der Waals surface area contributed by atoms with Crippen LogP contribution >= 0.6 is 0 Å². The predicted octanol–water partition coefficient (Wildman–Crippen LogP) is 3.49. The lowest BCUT2D eigenvalue weighted by atomic mass is 9.93. The number of hydrogen-bond acceptors (Lipinski definition) is 5. The van der Waals surface area contributed by atoms with Crippen molar-refractivity contribution in [1.82, 2.24) is 29.5 Å². The SMILES string of the molecule is Cc1cnc(C(=O)N2CCCCC2c2ccnc3cc(C(C)(C)C)nn23)cn1. The van der Waals surface area contributed by atoms with E-state index in [4.69, 9.17) is 5.10 Å². The zero-order chi connectivity index (χ0) is 19.9. The van der Waals surface area contributed by atoms with Crippen molar-refractivity contribution < 1.29 is 4.79 Å². The first-order valence-electron chi connectivity index (χ1n) is 9.79. The molecule has 1 fully saturated rings. The maximum absolute atomic E-state index is 13.2. The fourth-order valence-electron chi connectivity index (χ4n) is 3.66. The van der Waals surface area contributed by atoms with Crippen molar-refractivity contribution >= 4 is 11.6 Å². The van der Waals surface area contributed by atoms with Crippen LogP contribution in [-0.4, -0.2) is 41.9 Å². The van der Waals surface area contributed by atoms with Crippen LogP contribution in [0.3, 0.4) is 0 Å². The monoisotopic (exact) mass is 378 g/mol. The molecule has 1 aliphatic rings. The van der Waals surface area contributed by atoms with Crippen LogP contribution in [-0.2, 0) is 5.41 Å². The first-order valence-corrected chi connectivity index (χ1v) is 9.79. The van der Waals surface area contributed by atoms with E-state index in [-0.39, 0.29) is 17.4 Å². The standard InChI is InChI=1S/C21H26N6O/c1-14-12-24-15(13-23-14)20(28)26-10-6-5-7-16(26)17-8-9-22-19-11-18(21(2,3)4)25-27(17)19/h8-9,11-13,16H,5-7,10H2,1-4H3. The van der Waals surface area contributed by atoms with Crippen LogP contribution in [0, 0.1) is 6.92 Å². The average molecular weight is 378 g/mol. The van der Waals surface area contributed by atoms with Gasteiger partial charge in [-0.25, -0.2) is 14.5 Å². The highest BCUT2D eigenvalue weighted by Gasteiger charge is 2.32. The number of aromatic nitrogens is 5. The first-order chi connectivity index (χ1) is 13.3. The number of carbonyl (C=O) groups excluding carboxylic acids is 1. The van der Waals surface area contributed by atoms with Crippen molar-refractivity contribution in [1.29, 1.82) is 0 Å². The van der Waals surface area contributed by atoms with Crippen LogP contribution in [0.15, 0.2) is 30.7 Å². The van der Waals surface area contributed by atoms with E-state index in [0.717, 1.165) is 42.0 Å². The third-order valence-electron chi connectivity index (χ3n) is 5.26. The quantitative estimate of drug-likeness (QED) is 0.682. The second-order valence-corrected chi connectivity index (χ2v) is 8.47. The molecule has 1 aliphatic heterocycles. The summed E-state index contributed by atoms with van der Waals surface area (Å²) in [7, 11) is 0. The van der Waals surface area contributed by atoms with Crippen molar-refractivity contribution in [2.75, 3.05) is 6.54 Å². The van der Waals surface area contributed by atoms with Crippen LogP contribution in [0.1, 0.15) is 73.6 Å². The minimum atomic E-state index is -0.0784.